The summed E-state index contributed by atoms with van der Waals surface area (Å²) in [5, 5.41) is 0.977. The van der Waals surface area contributed by atoms with Gasteiger partial charge in [0.1, 0.15) is 0 Å². The molecule has 0 saturated carbocycles. The van der Waals surface area contributed by atoms with Gasteiger partial charge in [0.05, 0.1) is 6.61 Å². The summed E-state index contributed by atoms with van der Waals surface area (Å²) in [5.74, 6) is 5.57. The van der Waals surface area contributed by atoms with Gasteiger partial charge in [-0.3, -0.25) is 5.43 Å². The second-order valence-electron chi connectivity index (χ2n) is 3.80. The van der Waals surface area contributed by atoms with Crippen LogP contribution in [0.2, 0.25) is 0 Å². The van der Waals surface area contributed by atoms with Crippen LogP contribution >= 0.6 is 11.8 Å². The number of hydrogen-bond donors (Lipinski definition) is 2. The van der Waals surface area contributed by atoms with Crippen LogP contribution in [0.1, 0.15) is 19.0 Å². The number of nitrogens with one attached hydrogen (secondary N) is 1. The molecule has 0 aromatic carbocycles. The Kier molecular flexibility index (Phi) is 5.02. The van der Waals surface area contributed by atoms with Gasteiger partial charge in [-0.05, 0) is 31.2 Å². The van der Waals surface area contributed by atoms with Crippen LogP contribution in [0.15, 0.2) is 22.6 Å². The molecule has 20 heavy (non-hydrogen) atoms. The minimum Gasteiger partial charge on any atom is -0.463 e. The van der Waals surface area contributed by atoms with E-state index in [0.29, 0.717) is 16.9 Å². The van der Waals surface area contributed by atoms with E-state index in [4.69, 9.17) is 10.6 Å². The third-order valence-electron chi connectivity index (χ3n) is 2.11. The maximum Gasteiger partial charge on any atom is 0.322 e. The van der Waals surface area contributed by atoms with Gasteiger partial charge in [0.15, 0.2) is 5.16 Å². The van der Waals surface area contributed by atoms with Crippen molar-refractivity contribution < 1.29 is 4.74 Å². The van der Waals surface area contributed by atoms with E-state index >= 15 is 0 Å². The normalized spacial score (nSPS) is 10.3. The Morgan fingerprint density at radius 3 is 2.80 bits per heavy atom. The van der Waals surface area contributed by atoms with Crippen LogP contribution in [0, 0.1) is 6.92 Å². The number of ether oxygens (including phenoxy) is 1. The SMILES string of the molecule is CCCOc1nc(NN)nc(Sc2nccc(C)n2)n1. The lowest BCUT2D eigenvalue weighted by Crippen LogP contribution is -2.13. The Balaban J connectivity index is 2.21. The van der Waals surface area contributed by atoms with E-state index in [9.17, 15) is 0 Å². The highest BCUT2D eigenvalue weighted by Crippen LogP contribution is 2.23. The maximum absolute atomic E-state index is 5.39. The van der Waals surface area contributed by atoms with Gasteiger partial charge in [-0.2, -0.15) is 15.0 Å². The molecule has 2 aromatic heterocycles. The number of aryl methyl sites for hydroxylation is 1. The number of aromatic nitrogens is 5. The van der Waals surface area contributed by atoms with Crippen molar-refractivity contribution in [1.82, 2.24) is 24.9 Å². The van der Waals surface area contributed by atoms with Crippen LogP contribution < -0.4 is 16.0 Å². The molecule has 0 aliphatic rings. The fourth-order valence-electron chi connectivity index (χ4n) is 1.26. The molecule has 0 amide bonds. The lowest BCUT2D eigenvalue weighted by Gasteiger charge is -2.06. The summed E-state index contributed by atoms with van der Waals surface area (Å²) in [6.45, 7) is 4.42. The molecular weight excluding hydrogens is 278 g/mol. The zero-order valence-electron chi connectivity index (χ0n) is 11.2. The minimum absolute atomic E-state index is 0.227. The first-order valence-electron chi connectivity index (χ1n) is 6.04. The Labute approximate surface area is 120 Å². The fraction of sp³-hybridized carbons (Fsp3) is 0.364. The molecule has 0 fully saturated rings. The molecule has 0 unspecified atom stereocenters. The van der Waals surface area contributed by atoms with Gasteiger partial charge >= 0.3 is 6.01 Å². The van der Waals surface area contributed by atoms with E-state index in [0.717, 1.165) is 12.1 Å². The van der Waals surface area contributed by atoms with Crippen molar-refractivity contribution >= 4 is 17.7 Å². The number of hydrazine groups is 1. The minimum atomic E-state index is 0.227. The first kappa shape index (κ1) is 14.4. The number of anilines is 1. The van der Waals surface area contributed by atoms with E-state index in [1.165, 1.54) is 11.8 Å². The number of nitrogens with zero attached hydrogens (tertiary/aromatic N) is 5. The molecule has 0 bridgehead atoms. The van der Waals surface area contributed by atoms with Crippen molar-refractivity contribution in [3.05, 3.63) is 18.0 Å². The van der Waals surface area contributed by atoms with Crippen molar-refractivity contribution in [1.29, 1.82) is 0 Å². The lowest BCUT2D eigenvalue weighted by atomic mass is 10.5. The summed E-state index contributed by atoms with van der Waals surface area (Å²) in [4.78, 5) is 20.7. The van der Waals surface area contributed by atoms with Crippen molar-refractivity contribution in [2.75, 3.05) is 12.0 Å². The standard InChI is InChI=1S/C11H15N7OS/c1-3-6-19-9-15-8(18-12)16-11(17-9)20-10-13-5-4-7(2)14-10/h4-5H,3,6,12H2,1-2H3,(H,15,16,17,18). The summed E-state index contributed by atoms with van der Waals surface area (Å²) in [6, 6.07) is 2.05. The fourth-order valence-corrected chi connectivity index (χ4v) is 1.99. The zero-order valence-corrected chi connectivity index (χ0v) is 12.0. The Bertz CT molecular complexity index is 580. The third kappa shape index (κ3) is 4.00. The summed E-state index contributed by atoms with van der Waals surface area (Å²) in [5.41, 5.74) is 3.26. The van der Waals surface area contributed by atoms with E-state index in [1.807, 2.05) is 19.9 Å². The van der Waals surface area contributed by atoms with Crippen molar-refractivity contribution in [3.8, 4) is 6.01 Å². The number of nitrogen functional groups attached to an aromatic ring is 1. The molecule has 106 valence electrons. The molecule has 0 radical (unpaired) electrons. The molecule has 2 rings (SSSR count). The molecule has 0 atom stereocenters. The molecule has 3 N–H and O–H groups in total. The molecule has 8 nitrogen and oxygen atoms in total. The largest absolute Gasteiger partial charge is 0.463 e. The van der Waals surface area contributed by atoms with Gasteiger partial charge in [-0.1, -0.05) is 6.92 Å². The van der Waals surface area contributed by atoms with Gasteiger partial charge in [0.2, 0.25) is 11.1 Å². The van der Waals surface area contributed by atoms with Gasteiger partial charge in [-0.15, -0.1) is 0 Å². The Morgan fingerprint density at radius 2 is 2.10 bits per heavy atom. The highest BCUT2D eigenvalue weighted by Gasteiger charge is 2.10. The second kappa shape index (κ2) is 6.96. The van der Waals surface area contributed by atoms with Gasteiger partial charge < -0.3 is 4.74 Å². The maximum atomic E-state index is 5.39. The van der Waals surface area contributed by atoms with E-state index in [1.54, 1.807) is 6.20 Å². The molecular formula is C11H15N7OS. The van der Waals surface area contributed by atoms with E-state index < -0.39 is 0 Å². The highest BCUT2D eigenvalue weighted by atomic mass is 32.2. The average molecular weight is 293 g/mol. The average Bonchev–Trinajstić information content (AvgIpc) is 2.45. The zero-order chi connectivity index (χ0) is 14.4. The van der Waals surface area contributed by atoms with Crippen LogP contribution in [-0.4, -0.2) is 31.5 Å². The highest BCUT2D eigenvalue weighted by molar-refractivity contribution is 7.99. The molecule has 2 heterocycles. The summed E-state index contributed by atoms with van der Waals surface area (Å²) in [7, 11) is 0. The first-order chi connectivity index (χ1) is 9.71. The second-order valence-corrected chi connectivity index (χ2v) is 4.73. The van der Waals surface area contributed by atoms with E-state index in [2.05, 4.69) is 30.3 Å². The van der Waals surface area contributed by atoms with Crippen LogP contribution in [0.5, 0.6) is 6.01 Å². The van der Waals surface area contributed by atoms with Gasteiger partial charge in [0.25, 0.3) is 0 Å². The molecule has 0 saturated heterocycles. The summed E-state index contributed by atoms with van der Waals surface area (Å²) < 4.78 is 5.39. The molecule has 0 aliphatic heterocycles. The van der Waals surface area contributed by atoms with Crippen LogP contribution in [-0.2, 0) is 0 Å². The number of rotatable bonds is 6. The molecule has 2 aromatic rings. The van der Waals surface area contributed by atoms with Crippen molar-refractivity contribution in [3.63, 3.8) is 0 Å². The predicted molar refractivity (Wildman–Crippen MR) is 74.3 cm³/mol. The Morgan fingerprint density at radius 1 is 1.25 bits per heavy atom. The van der Waals surface area contributed by atoms with Crippen LogP contribution in [0.3, 0.4) is 0 Å². The molecule has 9 heteroatoms. The monoisotopic (exact) mass is 293 g/mol. The third-order valence-corrected chi connectivity index (χ3v) is 2.86. The molecule has 0 spiro atoms. The van der Waals surface area contributed by atoms with Crippen LogP contribution in [0.25, 0.3) is 0 Å². The quantitative estimate of drug-likeness (QED) is 0.460. The predicted octanol–water partition coefficient (Wildman–Crippen LogP) is 1.20. The van der Waals surface area contributed by atoms with Crippen molar-refractivity contribution in [2.45, 2.75) is 30.6 Å². The summed E-state index contributed by atoms with van der Waals surface area (Å²) >= 11 is 1.22. The number of nitrogens with two attached hydrogens (primary N) is 1. The molecule has 0 aliphatic carbocycles. The smallest absolute Gasteiger partial charge is 0.322 e. The lowest BCUT2D eigenvalue weighted by molar-refractivity contribution is 0.288. The van der Waals surface area contributed by atoms with Crippen LogP contribution in [0.4, 0.5) is 5.95 Å². The number of hydrogen-bond acceptors (Lipinski definition) is 9. The van der Waals surface area contributed by atoms with Crippen molar-refractivity contribution in [2.24, 2.45) is 5.84 Å². The van der Waals surface area contributed by atoms with Gasteiger partial charge in [-0.25, -0.2) is 15.8 Å². The summed E-state index contributed by atoms with van der Waals surface area (Å²) in [6.07, 6.45) is 2.54. The Hall–Kier alpha value is -2.00. The topological polar surface area (TPSA) is 112 Å². The first-order valence-corrected chi connectivity index (χ1v) is 6.86. The van der Waals surface area contributed by atoms with Gasteiger partial charge in [0, 0.05) is 11.9 Å². The van der Waals surface area contributed by atoms with E-state index in [-0.39, 0.29) is 12.0 Å².